The summed E-state index contributed by atoms with van der Waals surface area (Å²) in [7, 11) is 0. The van der Waals surface area contributed by atoms with Crippen LogP contribution in [0, 0.1) is 5.92 Å². The van der Waals surface area contributed by atoms with Crippen molar-refractivity contribution in [2.45, 2.75) is 45.1 Å². The Hall–Kier alpha value is -0.380. The normalized spacial score (nSPS) is 16.9. The van der Waals surface area contributed by atoms with Crippen LogP contribution in [0.3, 0.4) is 0 Å². The molecule has 0 amide bonds. The molecule has 20 heavy (non-hydrogen) atoms. The zero-order chi connectivity index (χ0) is 14.2. The number of rotatable bonds is 9. The fourth-order valence-corrected chi connectivity index (χ4v) is 2.78. The largest absolute Gasteiger partial charge is 0.372 e. The summed E-state index contributed by atoms with van der Waals surface area (Å²) in [6.45, 7) is 5.04. The van der Waals surface area contributed by atoms with E-state index in [2.05, 4.69) is 52.4 Å². The predicted molar refractivity (Wildman–Crippen MR) is 88.0 cm³/mol. The minimum atomic E-state index is 0.176. The van der Waals surface area contributed by atoms with Gasteiger partial charge in [0, 0.05) is 17.6 Å². The van der Waals surface area contributed by atoms with Crippen LogP contribution in [0.2, 0.25) is 0 Å². The van der Waals surface area contributed by atoms with E-state index < -0.39 is 0 Å². The maximum absolute atomic E-state index is 6.14. The highest BCUT2D eigenvalue weighted by atomic mass is 79.9. The van der Waals surface area contributed by atoms with Crippen LogP contribution in [-0.4, -0.2) is 19.7 Å². The average Bonchev–Trinajstić information content (AvgIpc) is 2.41. The summed E-state index contributed by atoms with van der Waals surface area (Å²) in [6, 6.07) is 8.51. The SMILES string of the molecule is CCCNCC(OCCC1CCC1)c1ccc(Br)cc1. The number of nitrogens with one attached hydrogen (secondary N) is 1. The molecule has 0 heterocycles. The van der Waals surface area contributed by atoms with Crippen molar-refractivity contribution < 1.29 is 4.74 Å². The van der Waals surface area contributed by atoms with Crippen LogP contribution >= 0.6 is 15.9 Å². The maximum atomic E-state index is 6.14. The van der Waals surface area contributed by atoms with Crippen molar-refractivity contribution in [3.05, 3.63) is 34.3 Å². The van der Waals surface area contributed by atoms with E-state index in [1.807, 2.05) is 0 Å². The van der Waals surface area contributed by atoms with Gasteiger partial charge in [-0.25, -0.2) is 0 Å². The first-order valence-electron chi connectivity index (χ1n) is 7.87. The van der Waals surface area contributed by atoms with Crippen molar-refractivity contribution in [2.24, 2.45) is 5.92 Å². The number of halogens is 1. The Morgan fingerprint density at radius 2 is 2.05 bits per heavy atom. The molecule has 1 saturated carbocycles. The number of hydrogen-bond donors (Lipinski definition) is 1. The van der Waals surface area contributed by atoms with Gasteiger partial charge in [0.25, 0.3) is 0 Å². The first-order valence-corrected chi connectivity index (χ1v) is 8.66. The van der Waals surface area contributed by atoms with Crippen molar-refractivity contribution in [2.75, 3.05) is 19.7 Å². The van der Waals surface area contributed by atoms with Gasteiger partial charge in [-0.15, -0.1) is 0 Å². The molecular weight excluding hydrogens is 314 g/mol. The number of ether oxygens (including phenoxy) is 1. The first-order chi connectivity index (χ1) is 9.79. The molecule has 0 saturated heterocycles. The Morgan fingerprint density at radius 3 is 2.65 bits per heavy atom. The van der Waals surface area contributed by atoms with E-state index in [1.165, 1.54) is 31.2 Å². The Balaban J connectivity index is 1.83. The minimum Gasteiger partial charge on any atom is -0.372 e. The molecule has 2 rings (SSSR count). The third-order valence-corrected chi connectivity index (χ3v) is 4.60. The van der Waals surface area contributed by atoms with E-state index in [1.54, 1.807) is 0 Å². The summed E-state index contributed by atoms with van der Waals surface area (Å²) in [4.78, 5) is 0. The molecule has 0 aromatic heterocycles. The van der Waals surface area contributed by atoms with Crippen LogP contribution in [0.15, 0.2) is 28.7 Å². The van der Waals surface area contributed by atoms with Gasteiger partial charge in [-0.05, 0) is 43.0 Å². The molecule has 1 fully saturated rings. The minimum absolute atomic E-state index is 0.176. The lowest BCUT2D eigenvalue weighted by molar-refractivity contribution is 0.0373. The highest BCUT2D eigenvalue weighted by Gasteiger charge is 2.18. The predicted octanol–water partition coefficient (Wildman–Crippen LogP) is 4.70. The molecule has 1 aliphatic rings. The molecule has 0 radical (unpaired) electrons. The zero-order valence-electron chi connectivity index (χ0n) is 12.4. The van der Waals surface area contributed by atoms with Crippen LogP contribution in [-0.2, 0) is 4.74 Å². The highest BCUT2D eigenvalue weighted by Crippen LogP contribution is 2.30. The maximum Gasteiger partial charge on any atom is 0.0949 e. The van der Waals surface area contributed by atoms with Gasteiger partial charge in [0.1, 0.15) is 0 Å². The first kappa shape index (κ1) is 16.0. The lowest BCUT2D eigenvalue weighted by atomic mass is 9.83. The lowest BCUT2D eigenvalue weighted by Gasteiger charge is -2.26. The van der Waals surface area contributed by atoms with Gasteiger partial charge in [0.15, 0.2) is 0 Å². The van der Waals surface area contributed by atoms with Crippen LogP contribution in [0.4, 0.5) is 0 Å². The highest BCUT2D eigenvalue weighted by molar-refractivity contribution is 9.10. The quantitative estimate of drug-likeness (QED) is 0.658. The third kappa shape index (κ3) is 5.19. The van der Waals surface area contributed by atoms with Crippen molar-refractivity contribution >= 4 is 15.9 Å². The summed E-state index contributed by atoms with van der Waals surface area (Å²) in [5.74, 6) is 0.921. The Morgan fingerprint density at radius 1 is 1.30 bits per heavy atom. The average molecular weight is 340 g/mol. The molecule has 1 aliphatic carbocycles. The second-order valence-electron chi connectivity index (χ2n) is 5.70. The van der Waals surface area contributed by atoms with E-state index in [-0.39, 0.29) is 6.10 Å². The van der Waals surface area contributed by atoms with Crippen molar-refractivity contribution in [3.63, 3.8) is 0 Å². The van der Waals surface area contributed by atoms with Gasteiger partial charge in [0.2, 0.25) is 0 Å². The lowest BCUT2D eigenvalue weighted by Crippen LogP contribution is -2.25. The fourth-order valence-electron chi connectivity index (χ4n) is 2.52. The van der Waals surface area contributed by atoms with Crippen molar-refractivity contribution in [1.82, 2.24) is 5.32 Å². The Kier molecular flexibility index (Phi) is 7.05. The van der Waals surface area contributed by atoms with Gasteiger partial charge in [-0.2, -0.15) is 0 Å². The van der Waals surface area contributed by atoms with E-state index in [9.17, 15) is 0 Å². The van der Waals surface area contributed by atoms with E-state index >= 15 is 0 Å². The third-order valence-electron chi connectivity index (χ3n) is 4.07. The molecule has 2 nitrogen and oxygen atoms in total. The van der Waals surface area contributed by atoms with E-state index in [0.717, 1.165) is 36.5 Å². The summed E-state index contributed by atoms with van der Waals surface area (Å²) < 4.78 is 7.26. The van der Waals surface area contributed by atoms with Gasteiger partial charge in [-0.1, -0.05) is 54.2 Å². The Bertz CT molecular complexity index is 375. The summed E-state index contributed by atoms with van der Waals surface area (Å²) >= 11 is 3.49. The summed E-state index contributed by atoms with van der Waals surface area (Å²) in [6.07, 6.45) is 6.78. The monoisotopic (exact) mass is 339 g/mol. The van der Waals surface area contributed by atoms with Gasteiger partial charge >= 0.3 is 0 Å². The van der Waals surface area contributed by atoms with Gasteiger partial charge < -0.3 is 10.1 Å². The molecule has 1 unspecified atom stereocenters. The molecule has 3 heteroatoms. The van der Waals surface area contributed by atoms with Crippen molar-refractivity contribution in [1.29, 1.82) is 0 Å². The molecule has 0 spiro atoms. The smallest absolute Gasteiger partial charge is 0.0949 e. The van der Waals surface area contributed by atoms with Crippen LogP contribution in [0.5, 0.6) is 0 Å². The zero-order valence-corrected chi connectivity index (χ0v) is 14.0. The van der Waals surface area contributed by atoms with Crippen LogP contribution in [0.25, 0.3) is 0 Å². The molecule has 1 aromatic rings. The fraction of sp³-hybridized carbons (Fsp3) is 0.647. The molecule has 0 bridgehead atoms. The number of benzene rings is 1. The molecule has 0 aliphatic heterocycles. The topological polar surface area (TPSA) is 21.3 Å². The van der Waals surface area contributed by atoms with Crippen molar-refractivity contribution in [3.8, 4) is 0 Å². The molecular formula is C17H26BrNO. The number of hydrogen-bond acceptors (Lipinski definition) is 2. The van der Waals surface area contributed by atoms with E-state index in [0.29, 0.717) is 0 Å². The molecule has 112 valence electrons. The van der Waals surface area contributed by atoms with Crippen LogP contribution in [0.1, 0.15) is 50.7 Å². The summed E-state index contributed by atoms with van der Waals surface area (Å²) in [5.41, 5.74) is 1.27. The molecule has 1 N–H and O–H groups in total. The summed E-state index contributed by atoms with van der Waals surface area (Å²) in [5, 5.41) is 3.48. The van der Waals surface area contributed by atoms with Crippen LogP contribution < -0.4 is 5.32 Å². The standard InChI is InChI=1S/C17H26BrNO/c1-2-11-19-13-17(15-6-8-16(18)9-7-15)20-12-10-14-4-3-5-14/h6-9,14,17,19H,2-5,10-13H2,1H3. The second kappa shape index (κ2) is 8.81. The van der Waals surface area contributed by atoms with Gasteiger partial charge in [-0.3, -0.25) is 0 Å². The second-order valence-corrected chi connectivity index (χ2v) is 6.62. The Labute approximate surface area is 131 Å². The van der Waals surface area contributed by atoms with Gasteiger partial charge in [0.05, 0.1) is 6.10 Å². The molecule has 1 atom stereocenters. The molecule has 1 aromatic carbocycles. The van der Waals surface area contributed by atoms with E-state index in [4.69, 9.17) is 4.74 Å².